The average molecular weight is 320 g/mol. The van der Waals surface area contributed by atoms with Gasteiger partial charge in [0.2, 0.25) is 5.78 Å². The Labute approximate surface area is 141 Å². The third-order valence-electron chi connectivity index (χ3n) is 4.00. The van der Waals surface area contributed by atoms with Crippen molar-refractivity contribution in [1.29, 1.82) is 0 Å². The number of allylic oxidation sites excluding steroid dienone is 1. The largest absolute Gasteiger partial charge is 0.288 e. The van der Waals surface area contributed by atoms with Gasteiger partial charge in [-0.2, -0.15) is 10.2 Å². The highest BCUT2D eigenvalue weighted by atomic mass is 16.1. The molecule has 0 unspecified atom stereocenters. The van der Waals surface area contributed by atoms with Crippen molar-refractivity contribution in [3.05, 3.63) is 70.8 Å². The molecule has 2 heterocycles. The Morgan fingerprint density at radius 2 is 1.79 bits per heavy atom. The number of ketones is 1. The number of carbonyl (C=O) groups excluding carboxylic acids is 1. The first kappa shape index (κ1) is 15.9. The fraction of sp³-hybridized carbons (Fsp3) is 0.211. The van der Waals surface area contributed by atoms with Crippen molar-refractivity contribution in [2.45, 2.75) is 20.8 Å². The SMILES string of the molecule is Cc1cc(C(=O)/C=C/c2c(C)nn(-c3ccccc3)c2C)n(C)n1. The molecule has 0 spiro atoms. The van der Waals surface area contributed by atoms with E-state index in [0.29, 0.717) is 5.69 Å². The van der Waals surface area contributed by atoms with Crippen molar-refractivity contribution in [2.75, 3.05) is 0 Å². The minimum Gasteiger partial charge on any atom is -0.288 e. The zero-order chi connectivity index (χ0) is 17.3. The number of nitrogens with zero attached hydrogens (tertiary/aromatic N) is 4. The number of rotatable bonds is 4. The summed E-state index contributed by atoms with van der Waals surface area (Å²) in [7, 11) is 1.78. The topological polar surface area (TPSA) is 52.7 Å². The predicted octanol–water partition coefficient (Wildman–Crippen LogP) is 3.43. The minimum atomic E-state index is -0.0654. The molecular weight excluding hydrogens is 300 g/mol. The molecule has 0 saturated carbocycles. The fourth-order valence-corrected chi connectivity index (χ4v) is 2.80. The molecule has 24 heavy (non-hydrogen) atoms. The molecule has 0 atom stereocenters. The van der Waals surface area contributed by atoms with E-state index in [1.165, 1.54) is 0 Å². The summed E-state index contributed by atoms with van der Waals surface area (Å²) < 4.78 is 3.50. The molecule has 0 amide bonds. The quantitative estimate of drug-likeness (QED) is 0.547. The van der Waals surface area contributed by atoms with E-state index in [0.717, 1.165) is 28.3 Å². The summed E-state index contributed by atoms with van der Waals surface area (Å²) in [6.45, 7) is 5.83. The molecule has 1 aromatic carbocycles. The lowest BCUT2D eigenvalue weighted by Crippen LogP contribution is -2.04. The molecule has 2 aromatic heterocycles. The monoisotopic (exact) mass is 320 g/mol. The summed E-state index contributed by atoms with van der Waals surface area (Å²) in [6.07, 6.45) is 3.42. The second-order valence-electron chi connectivity index (χ2n) is 5.82. The van der Waals surface area contributed by atoms with Gasteiger partial charge < -0.3 is 0 Å². The van der Waals surface area contributed by atoms with E-state index in [9.17, 15) is 4.79 Å². The Kier molecular flexibility index (Phi) is 4.16. The van der Waals surface area contributed by atoms with Crippen molar-refractivity contribution < 1.29 is 4.79 Å². The van der Waals surface area contributed by atoms with Crippen LogP contribution in [-0.2, 0) is 7.05 Å². The van der Waals surface area contributed by atoms with Crippen LogP contribution in [0, 0.1) is 20.8 Å². The smallest absolute Gasteiger partial charge is 0.203 e. The molecule has 0 aliphatic carbocycles. The van der Waals surface area contributed by atoms with Crippen LogP contribution in [0.5, 0.6) is 0 Å². The highest BCUT2D eigenvalue weighted by Crippen LogP contribution is 2.19. The van der Waals surface area contributed by atoms with Crippen LogP contribution in [0.15, 0.2) is 42.5 Å². The molecule has 0 saturated heterocycles. The van der Waals surface area contributed by atoms with Crippen LogP contribution in [0.2, 0.25) is 0 Å². The van der Waals surface area contributed by atoms with E-state index < -0.39 is 0 Å². The van der Waals surface area contributed by atoms with Crippen LogP contribution in [0.4, 0.5) is 0 Å². The van der Waals surface area contributed by atoms with Gasteiger partial charge in [0, 0.05) is 18.3 Å². The zero-order valence-electron chi connectivity index (χ0n) is 14.3. The number of hydrogen-bond acceptors (Lipinski definition) is 3. The Morgan fingerprint density at radius 3 is 2.42 bits per heavy atom. The molecule has 3 rings (SSSR count). The van der Waals surface area contributed by atoms with Gasteiger partial charge in [0.05, 0.1) is 17.1 Å². The van der Waals surface area contributed by atoms with Crippen molar-refractivity contribution in [2.24, 2.45) is 7.05 Å². The molecular formula is C19H20N4O. The van der Waals surface area contributed by atoms with Crippen LogP contribution in [0.3, 0.4) is 0 Å². The minimum absolute atomic E-state index is 0.0654. The average Bonchev–Trinajstić information content (AvgIpc) is 3.05. The molecule has 0 radical (unpaired) electrons. The van der Waals surface area contributed by atoms with E-state index >= 15 is 0 Å². The van der Waals surface area contributed by atoms with Gasteiger partial charge in [-0.25, -0.2) is 4.68 Å². The maximum atomic E-state index is 12.4. The Hall–Kier alpha value is -2.95. The summed E-state index contributed by atoms with van der Waals surface area (Å²) in [5.74, 6) is -0.0654. The Morgan fingerprint density at radius 1 is 1.08 bits per heavy atom. The van der Waals surface area contributed by atoms with Gasteiger partial charge in [0.1, 0.15) is 5.69 Å². The molecule has 122 valence electrons. The first-order valence-corrected chi connectivity index (χ1v) is 7.82. The third kappa shape index (κ3) is 2.93. The molecule has 0 bridgehead atoms. The van der Waals surface area contributed by atoms with E-state index in [4.69, 9.17) is 0 Å². The van der Waals surface area contributed by atoms with Gasteiger partial charge in [-0.3, -0.25) is 9.48 Å². The third-order valence-corrected chi connectivity index (χ3v) is 4.00. The number of hydrogen-bond donors (Lipinski definition) is 0. The molecule has 3 aromatic rings. The van der Waals surface area contributed by atoms with Gasteiger partial charge >= 0.3 is 0 Å². The summed E-state index contributed by atoms with van der Waals surface area (Å²) in [6, 6.07) is 11.8. The van der Waals surface area contributed by atoms with Gasteiger partial charge in [0.25, 0.3) is 0 Å². The zero-order valence-corrected chi connectivity index (χ0v) is 14.3. The lowest BCUT2D eigenvalue weighted by atomic mass is 10.1. The summed E-state index contributed by atoms with van der Waals surface area (Å²) >= 11 is 0. The molecule has 0 fully saturated rings. The number of aromatic nitrogens is 4. The highest BCUT2D eigenvalue weighted by molar-refractivity contribution is 6.05. The first-order chi connectivity index (χ1) is 11.5. The molecule has 0 aliphatic rings. The van der Waals surface area contributed by atoms with E-state index in [-0.39, 0.29) is 5.78 Å². The maximum absolute atomic E-state index is 12.4. The van der Waals surface area contributed by atoms with Crippen molar-refractivity contribution >= 4 is 11.9 Å². The number of aryl methyl sites for hydroxylation is 3. The predicted molar refractivity (Wildman–Crippen MR) is 94.3 cm³/mol. The van der Waals surface area contributed by atoms with E-state index in [2.05, 4.69) is 10.2 Å². The highest BCUT2D eigenvalue weighted by Gasteiger charge is 2.12. The van der Waals surface area contributed by atoms with Crippen LogP contribution < -0.4 is 0 Å². The van der Waals surface area contributed by atoms with Gasteiger partial charge in [0.15, 0.2) is 0 Å². The van der Waals surface area contributed by atoms with Crippen LogP contribution in [0.25, 0.3) is 11.8 Å². The normalized spacial score (nSPS) is 11.3. The summed E-state index contributed by atoms with van der Waals surface area (Å²) in [4.78, 5) is 12.4. The molecule has 5 heteroatoms. The lowest BCUT2D eigenvalue weighted by molar-refractivity contribution is 0.103. The van der Waals surface area contributed by atoms with Gasteiger partial charge in [-0.1, -0.05) is 18.2 Å². The van der Waals surface area contributed by atoms with Gasteiger partial charge in [-0.05, 0) is 51.1 Å². The van der Waals surface area contributed by atoms with E-state index in [1.807, 2.05) is 61.9 Å². The molecule has 5 nitrogen and oxygen atoms in total. The van der Waals surface area contributed by atoms with Crippen LogP contribution >= 0.6 is 0 Å². The number of para-hydroxylation sites is 1. The molecule has 0 N–H and O–H groups in total. The first-order valence-electron chi connectivity index (χ1n) is 7.82. The Balaban J connectivity index is 1.92. The number of carbonyl (C=O) groups is 1. The maximum Gasteiger partial charge on any atom is 0.203 e. The summed E-state index contributed by atoms with van der Waals surface area (Å²) in [5, 5.41) is 8.80. The number of benzene rings is 1. The fourth-order valence-electron chi connectivity index (χ4n) is 2.80. The second-order valence-corrected chi connectivity index (χ2v) is 5.82. The lowest BCUT2D eigenvalue weighted by Gasteiger charge is -2.03. The van der Waals surface area contributed by atoms with Crippen molar-refractivity contribution in [3.63, 3.8) is 0 Å². The Bertz CT molecular complexity index is 916. The second kappa shape index (κ2) is 6.28. The van der Waals surface area contributed by atoms with Gasteiger partial charge in [-0.15, -0.1) is 0 Å². The van der Waals surface area contributed by atoms with E-state index in [1.54, 1.807) is 23.9 Å². The van der Waals surface area contributed by atoms with Crippen molar-refractivity contribution in [3.8, 4) is 5.69 Å². The van der Waals surface area contributed by atoms with Crippen LogP contribution in [-0.4, -0.2) is 25.3 Å². The molecule has 0 aliphatic heterocycles. The van der Waals surface area contributed by atoms with Crippen LogP contribution in [0.1, 0.15) is 33.1 Å². The summed E-state index contributed by atoms with van der Waals surface area (Å²) in [5.41, 5.74) is 5.27. The van der Waals surface area contributed by atoms with Crippen molar-refractivity contribution in [1.82, 2.24) is 19.6 Å². The standard InChI is InChI=1S/C19H20N4O/c1-13-12-18(22(4)20-13)19(24)11-10-17-14(2)21-23(15(17)3)16-8-6-5-7-9-16/h5-12H,1-4H3/b11-10+.